The maximum Gasteiger partial charge on any atom is 0.122 e. The number of amidine groups is 1. The van der Waals surface area contributed by atoms with Crippen LogP contribution < -0.4 is 11.1 Å². The van der Waals surface area contributed by atoms with Gasteiger partial charge in [-0.3, -0.25) is 5.41 Å². The van der Waals surface area contributed by atoms with Crippen LogP contribution >= 0.6 is 11.6 Å². The molecule has 0 aliphatic rings. The molecule has 0 aromatic heterocycles. The van der Waals surface area contributed by atoms with E-state index in [0.717, 1.165) is 5.69 Å². The molecule has 1 aromatic rings. The molecule has 0 spiro atoms. The summed E-state index contributed by atoms with van der Waals surface area (Å²) in [4.78, 5) is 0. The van der Waals surface area contributed by atoms with Crippen LogP contribution in [0, 0.1) is 5.41 Å². The first-order chi connectivity index (χ1) is 5.65. The average Bonchev–Trinajstić information content (AvgIpc) is 2.04. The smallest absolute Gasteiger partial charge is 0.122 e. The summed E-state index contributed by atoms with van der Waals surface area (Å²) in [6, 6.07) is 5.20. The Labute approximate surface area is 76.0 Å². The number of nitrogen functional groups attached to an aromatic ring is 1. The summed E-state index contributed by atoms with van der Waals surface area (Å²) < 4.78 is 0. The fraction of sp³-hybridized carbons (Fsp3) is 0.125. The highest BCUT2D eigenvalue weighted by Crippen LogP contribution is 2.21. The van der Waals surface area contributed by atoms with Crippen molar-refractivity contribution in [1.29, 1.82) is 5.41 Å². The highest BCUT2D eigenvalue weighted by Gasteiger charge is 2.01. The predicted molar refractivity (Wildman–Crippen MR) is 52.0 cm³/mol. The van der Waals surface area contributed by atoms with Crippen molar-refractivity contribution in [3.8, 4) is 0 Å². The van der Waals surface area contributed by atoms with Gasteiger partial charge in [-0.1, -0.05) is 11.6 Å². The second-order valence-corrected chi connectivity index (χ2v) is 2.77. The largest absolute Gasteiger partial charge is 0.387 e. The zero-order valence-electron chi connectivity index (χ0n) is 6.69. The topological polar surface area (TPSA) is 61.9 Å². The predicted octanol–water partition coefficient (Wildman–Crippen LogP) is 1.67. The normalized spacial score (nSPS) is 9.50. The molecule has 0 atom stereocenters. The molecule has 3 nitrogen and oxygen atoms in total. The fourth-order valence-corrected chi connectivity index (χ4v) is 1.16. The summed E-state index contributed by atoms with van der Waals surface area (Å²) in [5.41, 5.74) is 6.75. The van der Waals surface area contributed by atoms with Gasteiger partial charge in [0.2, 0.25) is 0 Å². The summed E-state index contributed by atoms with van der Waals surface area (Å²) in [6.45, 7) is 0. The standard InChI is InChI=1S/C8H10ClN3/c1-12-7-3-2-5(8(10)11)4-6(7)9/h2-4,12H,1H3,(H3,10,11). The number of rotatable bonds is 2. The van der Waals surface area contributed by atoms with Gasteiger partial charge in [0.05, 0.1) is 10.7 Å². The van der Waals surface area contributed by atoms with Crippen molar-refractivity contribution in [2.75, 3.05) is 12.4 Å². The minimum absolute atomic E-state index is 0.0274. The SMILES string of the molecule is CNc1ccc(C(=N)N)cc1Cl. The van der Waals surface area contributed by atoms with Crippen molar-refractivity contribution in [3.63, 3.8) is 0 Å². The van der Waals surface area contributed by atoms with E-state index in [0.29, 0.717) is 10.6 Å². The van der Waals surface area contributed by atoms with Crippen LogP contribution in [0.5, 0.6) is 0 Å². The molecule has 0 amide bonds. The van der Waals surface area contributed by atoms with Crippen LogP contribution in [-0.4, -0.2) is 12.9 Å². The average molecular weight is 184 g/mol. The Hall–Kier alpha value is -1.22. The second-order valence-electron chi connectivity index (χ2n) is 2.36. The molecule has 4 heteroatoms. The van der Waals surface area contributed by atoms with Crippen LogP contribution in [0.2, 0.25) is 5.02 Å². The lowest BCUT2D eigenvalue weighted by Gasteiger charge is -2.04. The van der Waals surface area contributed by atoms with Crippen molar-refractivity contribution in [3.05, 3.63) is 28.8 Å². The minimum atomic E-state index is 0.0274. The Balaban J connectivity index is 3.10. The lowest BCUT2D eigenvalue weighted by molar-refractivity contribution is 1.42. The Kier molecular flexibility index (Phi) is 2.55. The number of nitrogens with two attached hydrogens (primary N) is 1. The maximum atomic E-state index is 7.16. The van der Waals surface area contributed by atoms with Gasteiger partial charge in [-0.25, -0.2) is 0 Å². The molecule has 0 unspecified atom stereocenters. The molecule has 0 saturated carbocycles. The number of benzene rings is 1. The van der Waals surface area contributed by atoms with Gasteiger partial charge in [-0.2, -0.15) is 0 Å². The lowest BCUT2D eigenvalue weighted by Crippen LogP contribution is -2.10. The second kappa shape index (κ2) is 3.45. The summed E-state index contributed by atoms with van der Waals surface area (Å²) in [6.07, 6.45) is 0. The van der Waals surface area contributed by atoms with Crippen LogP contribution in [0.25, 0.3) is 0 Å². The Morgan fingerprint density at radius 2 is 2.25 bits per heavy atom. The molecule has 0 bridgehead atoms. The molecule has 0 heterocycles. The first-order valence-corrected chi connectivity index (χ1v) is 3.84. The molecular weight excluding hydrogens is 174 g/mol. The van der Waals surface area contributed by atoms with Crippen LogP contribution in [0.3, 0.4) is 0 Å². The Bertz CT molecular complexity index is 309. The van der Waals surface area contributed by atoms with Crippen molar-refractivity contribution in [1.82, 2.24) is 0 Å². The molecule has 0 aliphatic carbocycles. The van der Waals surface area contributed by atoms with E-state index in [-0.39, 0.29) is 5.84 Å². The lowest BCUT2D eigenvalue weighted by atomic mass is 10.2. The van der Waals surface area contributed by atoms with Crippen LogP contribution in [-0.2, 0) is 0 Å². The van der Waals surface area contributed by atoms with Gasteiger partial charge in [0, 0.05) is 12.6 Å². The Morgan fingerprint density at radius 1 is 1.58 bits per heavy atom. The summed E-state index contributed by atoms with van der Waals surface area (Å²) in [5.74, 6) is 0.0274. The zero-order valence-corrected chi connectivity index (χ0v) is 7.44. The van der Waals surface area contributed by atoms with Gasteiger partial charge in [0.1, 0.15) is 5.84 Å². The third-order valence-electron chi connectivity index (χ3n) is 1.55. The monoisotopic (exact) mass is 183 g/mol. The first-order valence-electron chi connectivity index (χ1n) is 3.47. The molecule has 0 saturated heterocycles. The molecular formula is C8H10ClN3. The molecule has 64 valence electrons. The minimum Gasteiger partial charge on any atom is -0.387 e. The first kappa shape index (κ1) is 8.87. The quantitative estimate of drug-likeness (QED) is 0.483. The molecule has 0 aliphatic heterocycles. The number of hydrogen-bond donors (Lipinski definition) is 3. The molecule has 0 radical (unpaired) electrons. The molecule has 1 rings (SSSR count). The van der Waals surface area contributed by atoms with Crippen molar-refractivity contribution in [2.24, 2.45) is 5.73 Å². The number of nitrogens with one attached hydrogen (secondary N) is 2. The van der Waals surface area contributed by atoms with Crippen LogP contribution in [0.15, 0.2) is 18.2 Å². The number of hydrogen-bond acceptors (Lipinski definition) is 2. The molecule has 0 fully saturated rings. The maximum absolute atomic E-state index is 7.16. The zero-order chi connectivity index (χ0) is 9.14. The van der Waals surface area contributed by atoms with E-state index in [9.17, 15) is 0 Å². The van der Waals surface area contributed by atoms with E-state index in [4.69, 9.17) is 22.7 Å². The van der Waals surface area contributed by atoms with Gasteiger partial charge < -0.3 is 11.1 Å². The summed E-state index contributed by atoms with van der Waals surface area (Å²) in [7, 11) is 1.79. The molecule has 12 heavy (non-hydrogen) atoms. The summed E-state index contributed by atoms with van der Waals surface area (Å²) in [5, 5.41) is 10.7. The number of anilines is 1. The molecule has 4 N–H and O–H groups in total. The van der Waals surface area contributed by atoms with Crippen LogP contribution in [0.4, 0.5) is 5.69 Å². The Morgan fingerprint density at radius 3 is 2.67 bits per heavy atom. The van der Waals surface area contributed by atoms with E-state index in [1.54, 1.807) is 25.2 Å². The molecule has 1 aromatic carbocycles. The van der Waals surface area contributed by atoms with Gasteiger partial charge in [0.25, 0.3) is 0 Å². The van der Waals surface area contributed by atoms with Gasteiger partial charge in [0.15, 0.2) is 0 Å². The highest BCUT2D eigenvalue weighted by atomic mass is 35.5. The third kappa shape index (κ3) is 1.68. The van der Waals surface area contributed by atoms with Crippen molar-refractivity contribution >= 4 is 23.1 Å². The van der Waals surface area contributed by atoms with Gasteiger partial charge in [-0.15, -0.1) is 0 Å². The fourth-order valence-electron chi connectivity index (χ4n) is 0.885. The van der Waals surface area contributed by atoms with Gasteiger partial charge >= 0.3 is 0 Å². The number of halogens is 1. The summed E-state index contributed by atoms with van der Waals surface area (Å²) >= 11 is 5.86. The van der Waals surface area contributed by atoms with E-state index < -0.39 is 0 Å². The van der Waals surface area contributed by atoms with Crippen molar-refractivity contribution < 1.29 is 0 Å². The van der Waals surface area contributed by atoms with Crippen LogP contribution in [0.1, 0.15) is 5.56 Å². The van der Waals surface area contributed by atoms with Gasteiger partial charge in [-0.05, 0) is 18.2 Å². The van der Waals surface area contributed by atoms with E-state index in [1.807, 2.05) is 0 Å². The third-order valence-corrected chi connectivity index (χ3v) is 1.86. The highest BCUT2D eigenvalue weighted by molar-refractivity contribution is 6.33. The van der Waals surface area contributed by atoms with E-state index >= 15 is 0 Å². The van der Waals surface area contributed by atoms with Crippen molar-refractivity contribution in [2.45, 2.75) is 0 Å². The van der Waals surface area contributed by atoms with E-state index in [2.05, 4.69) is 5.32 Å². The van der Waals surface area contributed by atoms with E-state index in [1.165, 1.54) is 0 Å².